The maximum absolute atomic E-state index is 12.9. The molecule has 1 N–H and O–H groups in total. The van der Waals surface area contributed by atoms with E-state index >= 15 is 0 Å². The van der Waals surface area contributed by atoms with E-state index in [1.807, 2.05) is 0 Å². The smallest absolute Gasteiger partial charge is 0.417 e. The highest BCUT2D eigenvalue weighted by Crippen LogP contribution is 2.31. The maximum Gasteiger partial charge on any atom is 0.417 e. The van der Waals surface area contributed by atoms with Gasteiger partial charge in [0, 0.05) is 31.4 Å². The molecule has 1 aliphatic carbocycles. The predicted octanol–water partition coefficient (Wildman–Crippen LogP) is 3.45. The molecule has 0 fully saturated rings. The molecular weight excluding hydrogens is 387 g/mol. The number of halogens is 3. The van der Waals surface area contributed by atoms with Gasteiger partial charge in [-0.25, -0.2) is 4.79 Å². The molecule has 0 aromatic carbocycles. The van der Waals surface area contributed by atoms with E-state index in [4.69, 9.17) is 4.74 Å². The van der Waals surface area contributed by atoms with E-state index in [1.54, 1.807) is 37.8 Å². The second-order valence-electron chi connectivity index (χ2n) is 8.32. The van der Waals surface area contributed by atoms with Gasteiger partial charge >= 0.3 is 12.3 Å². The number of aromatic nitrogens is 1. The Bertz CT molecular complexity index is 830. The summed E-state index contributed by atoms with van der Waals surface area (Å²) < 4.78 is 44.0. The molecule has 2 heterocycles. The molecule has 1 unspecified atom stereocenters. The van der Waals surface area contributed by atoms with E-state index in [0.29, 0.717) is 30.6 Å². The summed E-state index contributed by atoms with van der Waals surface area (Å²) in [6, 6.07) is 0.744. The molecule has 29 heavy (non-hydrogen) atoms. The Morgan fingerprint density at radius 3 is 2.62 bits per heavy atom. The third-order valence-electron chi connectivity index (χ3n) is 4.78. The number of hydrogen-bond acceptors (Lipinski definition) is 4. The first-order chi connectivity index (χ1) is 13.4. The zero-order chi connectivity index (χ0) is 21.4. The lowest BCUT2D eigenvalue weighted by Crippen LogP contribution is -2.41. The van der Waals surface area contributed by atoms with E-state index < -0.39 is 29.4 Å². The number of alkyl halides is 3. The van der Waals surface area contributed by atoms with Crippen LogP contribution in [0.25, 0.3) is 0 Å². The Balaban J connectivity index is 1.60. The number of ether oxygens (including phenoxy) is 1. The predicted molar refractivity (Wildman–Crippen MR) is 98.8 cm³/mol. The second kappa shape index (κ2) is 7.68. The van der Waals surface area contributed by atoms with Crippen LogP contribution >= 0.6 is 0 Å². The highest BCUT2D eigenvalue weighted by atomic mass is 19.4. The van der Waals surface area contributed by atoms with Gasteiger partial charge in [-0.2, -0.15) is 13.2 Å². The topological polar surface area (TPSA) is 71.5 Å². The average Bonchev–Trinajstić information content (AvgIpc) is 3.06. The van der Waals surface area contributed by atoms with Crippen LogP contribution in [0.15, 0.2) is 24.4 Å². The van der Waals surface area contributed by atoms with Crippen LogP contribution in [0.4, 0.5) is 18.0 Å². The zero-order valence-corrected chi connectivity index (χ0v) is 16.5. The minimum absolute atomic E-state index is 0.0968. The molecule has 0 bridgehead atoms. The van der Waals surface area contributed by atoms with Crippen molar-refractivity contribution in [2.24, 2.45) is 5.92 Å². The molecule has 1 aromatic rings. The molecule has 0 saturated heterocycles. The number of fused-ring (bicyclic) bond motifs is 1. The van der Waals surface area contributed by atoms with Crippen molar-refractivity contribution >= 4 is 12.0 Å². The van der Waals surface area contributed by atoms with Crippen LogP contribution in [0, 0.1) is 5.92 Å². The Morgan fingerprint density at radius 1 is 1.24 bits per heavy atom. The van der Waals surface area contributed by atoms with Gasteiger partial charge in [-0.1, -0.05) is 12.2 Å². The van der Waals surface area contributed by atoms with Crippen molar-refractivity contribution in [2.45, 2.75) is 58.0 Å². The van der Waals surface area contributed by atoms with Gasteiger partial charge in [-0.15, -0.1) is 0 Å². The Kier molecular flexibility index (Phi) is 5.60. The first kappa shape index (κ1) is 21.1. The lowest BCUT2D eigenvalue weighted by molar-refractivity contribution is -0.137. The molecule has 3 rings (SSSR count). The van der Waals surface area contributed by atoms with E-state index in [-0.39, 0.29) is 18.5 Å². The van der Waals surface area contributed by atoms with Crippen molar-refractivity contribution in [2.75, 3.05) is 6.54 Å². The van der Waals surface area contributed by atoms with Crippen molar-refractivity contribution < 1.29 is 27.5 Å². The van der Waals surface area contributed by atoms with Crippen molar-refractivity contribution in [1.82, 2.24) is 15.2 Å². The van der Waals surface area contributed by atoms with E-state index in [1.165, 1.54) is 0 Å². The van der Waals surface area contributed by atoms with Gasteiger partial charge in [0.25, 0.3) is 0 Å². The molecule has 1 aliphatic heterocycles. The van der Waals surface area contributed by atoms with Gasteiger partial charge < -0.3 is 15.0 Å². The number of amides is 2. The number of carbonyl (C=O) groups is 2. The van der Waals surface area contributed by atoms with E-state index in [0.717, 1.165) is 12.3 Å². The number of pyridine rings is 1. The van der Waals surface area contributed by atoms with Gasteiger partial charge in [-0.05, 0) is 38.8 Å². The van der Waals surface area contributed by atoms with Crippen LogP contribution in [0.2, 0.25) is 0 Å². The normalized spacial score (nSPS) is 21.7. The largest absolute Gasteiger partial charge is 0.444 e. The number of rotatable bonds is 2. The molecule has 2 amide bonds. The summed E-state index contributed by atoms with van der Waals surface area (Å²) in [6.07, 6.45) is 0.0829. The highest BCUT2D eigenvalue weighted by Gasteiger charge is 2.35. The van der Waals surface area contributed by atoms with Crippen LogP contribution in [-0.4, -0.2) is 40.1 Å². The molecule has 158 valence electrons. The Labute approximate surface area is 167 Å². The van der Waals surface area contributed by atoms with Crippen molar-refractivity contribution in [3.8, 4) is 0 Å². The second-order valence-corrected chi connectivity index (χ2v) is 8.32. The molecule has 9 heteroatoms. The van der Waals surface area contributed by atoms with Gasteiger partial charge in [0.15, 0.2) is 0 Å². The number of carbonyl (C=O) groups excluding carboxylic acids is 2. The summed E-state index contributed by atoms with van der Waals surface area (Å²) in [4.78, 5) is 30.2. The van der Waals surface area contributed by atoms with E-state index in [9.17, 15) is 22.8 Å². The highest BCUT2D eigenvalue weighted by molar-refractivity contribution is 5.82. The summed E-state index contributed by atoms with van der Waals surface area (Å²) in [6.45, 7) is 5.78. The first-order valence-corrected chi connectivity index (χ1v) is 9.44. The summed E-state index contributed by atoms with van der Waals surface area (Å²) in [7, 11) is 0. The summed E-state index contributed by atoms with van der Waals surface area (Å²) in [5.74, 6) is -0.604. The Hall–Kier alpha value is -2.58. The molecule has 2 atom stereocenters. The third-order valence-corrected chi connectivity index (χ3v) is 4.78. The minimum atomic E-state index is -4.47. The first-order valence-electron chi connectivity index (χ1n) is 9.44. The monoisotopic (exact) mass is 411 g/mol. The van der Waals surface area contributed by atoms with Gasteiger partial charge in [-0.3, -0.25) is 9.78 Å². The number of nitrogens with zero attached hydrogens (tertiary/aromatic N) is 2. The van der Waals surface area contributed by atoms with Crippen LogP contribution in [0.5, 0.6) is 0 Å². The molecule has 6 nitrogen and oxygen atoms in total. The molecular formula is C20H24F3N3O3. The van der Waals surface area contributed by atoms with Crippen molar-refractivity contribution in [1.29, 1.82) is 0 Å². The quantitative estimate of drug-likeness (QED) is 0.757. The van der Waals surface area contributed by atoms with Crippen LogP contribution < -0.4 is 5.32 Å². The van der Waals surface area contributed by atoms with Gasteiger partial charge in [0.2, 0.25) is 5.91 Å². The molecule has 0 saturated carbocycles. The summed E-state index contributed by atoms with van der Waals surface area (Å²) >= 11 is 0. The fourth-order valence-corrected chi connectivity index (χ4v) is 3.45. The SMILES string of the molecule is CC(C)(C)OC(=O)NC1C=C[C@H](C(=O)N2CCc3ncc(C(F)(F)F)cc3C2)C1. The van der Waals surface area contributed by atoms with Crippen LogP contribution in [0.1, 0.15) is 44.0 Å². The third kappa shape index (κ3) is 5.27. The lowest BCUT2D eigenvalue weighted by atomic mass is 10.0. The number of alkyl carbamates (subject to hydrolysis) is 1. The van der Waals surface area contributed by atoms with Crippen LogP contribution in [0.3, 0.4) is 0 Å². The fraction of sp³-hybridized carbons (Fsp3) is 0.550. The fourth-order valence-electron chi connectivity index (χ4n) is 3.45. The standard InChI is InChI=1S/C20H24F3N3O3/c1-19(2,3)29-18(28)25-15-5-4-12(9-15)17(27)26-7-6-16-13(11-26)8-14(10-24-16)20(21,22)23/h4-5,8,10,12,15H,6-7,9,11H2,1-3H3,(H,25,28)/t12-,15?/m0/s1. The average molecular weight is 411 g/mol. The number of nitrogens with one attached hydrogen (secondary N) is 1. The van der Waals surface area contributed by atoms with E-state index in [2.05, 4.69) is 10.3 Å². The maximum atomic E-state index is 12.9. The van der Waals surface area contributed by atoms with Crippen LogP contribution in [-0.2, 0) is 28.7 Å². The summed E-state index contributed by atoms with van der Waals surface area (Å²) in [5.41, 5.74) is -0.419. The Morgan fingerprint density at radius 2 is 1.97 bits per heavy atom. The van der Waals surface area contributed by atoms with Gasteiger partial charge in [0.1, 0.15) is 5.60 Å². The molecule has 0 spiro atoms. The molecule has 0 radical (unpaired) electrons. The lowest BCUT2D eigenvalue weighted by Gasteiger charge is -2.30. The van der Waals surface area contributed by atoms with Crippen molar-refractivity contribution in [3.05, 3.63) is 41.2 Å². The van der Waals surface area contributed by atoms with Crippen molar-refractivity contribution in [3.63, 3.8) is 0 Å². The van der Waals surface area contributed by atoms with Gasteiger partial charge in [0.05, 0.1) is 17.5 Å². The molecule has 2 aliphatic rings. The minimum Gasteiger partial charge on any atom is -0.444 e. The zero-order valence-electron chi connectivity index (χ0n) is 16.5. The summed E-state index contributed by atoms with van der Waals surface area (Å²) in [5, 5.41) is 2.71. The molecule has 1 aromatic heterocycles. The number of hydrogen-bond donors (Lipinski definition) is 1.